The molecule has 3 rings (SSSR count). The van der Waals surface area contributed by atoms with Crippen molar-refractivity contribution in [3.8, 4) is 11.4 Å². The van der Waals surface area contributed by atoms with Crippen LogP contribution in [0.15, 0.2) is 48.5 Å². The van der Waals surface area contributed by atoms with E-state index in [0.29, 0.717) is 17.7 Å². The molecule has 0 unspecified atom stereocenters. The van der Waals surface area contributed by atoms with Crippen LogP contribution in [0.1, 0.15) is 10.4 Å². The van der Waals surface area contributed by atoms with Crippen LogP contribution in [-0.2, 0) is 0 Å². The molecule has 1 heterocycles. The number of benzene rings is 2. The second-order valence-corrected chi connectivity index (χ2v) is 4.69. The molecule has 0 fully saturated rings. The van der Waals surface area contributed by atoms with Gasteiger partial charge >= 0.3 is 0 Å². The van der Waals surface area contributed by atoms with Gasteiger partial charge in [-0.15, -0.1) is 0 Å². The SMILES string of the molecule is CNCNC(=O)c1cccc2[nH]c(-c3ccccc3)nc12. The lowest BCUT2D eigenvalue weighted by molar-refractivity contribution is 0.0953. The molecule has 0 saturated heterocycles. The summed E-state index contributed by atoms with van der Waals surface area (Å²) in [5.74, 6) is 0.625. The minimum absolute atomic E-state index is 0.138. The van der Waals surface area contributed by atoms with Crippen molar-refractivity contribution in [1.82, 2.24) is 20.6 Å². The molecule has 0 aliphatic heterocycles. The number of imidazole rings is 1. The van der Waals surface area contributed by atoms with Gasteiger partial charge in [-0.05, 0) is 19.2 Å². The number of carbonyl (C=O) groups is 1. The fraction of sp³-hybridized carbons (Fsp3) is 0.125. The van der Waals surface area contributed by atoms with Crippen LogP contribution in [0, 0.1) is 0 Å². The van der Waals surface area contributed by atoms with Gasteiger partial charge in [0.1, 0.15) is 11.3 Å². The highest BCUT2D eigenvalue weighted by atomic mass is 16.1. The Labute approximate surface area is 122 Å². The van der Waals surface area contributed by atoms with Crippen LogP contribution in [0.4, 0.5) is 0 Å². The van der Waals surface area contributed by atoms with Crippen molar-refractivity contribution >= 4 is 16.9 Å². The zero-order chi connectivity index (χ0) is 14.7. The molecule has 106 valence electrons. The maximum absolute atomic E-state index is 12.2. The smallest absolute Gasteiger partial charge is 0.254 e. The molecule has 2 aromatic carbocycles. The number of aromatic amines is 1. The van der Waals surface area contributed by atoms with Gasteiger partial charge in [0.15, 0.2) is 0 Å². The van der Waals surface area contributed by atoms with Crippen molar-refractivity contribution in [3.63, 3.8) is 0 Å². The third kappa shape index (κ3) is 2.64. The highest BCUT2D eigenvalue weighted by molar-refractivity contribution is 6.05. The van der Waals surface area contributed by atoms with E-state index in [9.17, 15) is 4.79 Å². The lowest BCUT2D eigenvalue weighted by Crippen LogP contribution is -2.31. The maximum atomic E-state index is 12.2. The number of rotatable bonds is 4. The van der Waals surface area contributed by atoms with E-state index < -0.39 is 0 Å². The number of H-pyrrole nitrogens is 1. The average molecular weight is 280 g/mol. The molecule has 1 aromatic heterocycles. The topological polar surface area (TPSA) is 69.8 Å². The number of para-hydroxylation sites is 1. The molecule has 0 aliphatic carbocycles. The summed E-state index contributed by atoms with van der Waals surface area (Å²) in [6.07, 6.45) is 0. The Bertz CT molecular complexity index is 764. The van der Waals surface area contributed by atoms with Crippen molar-refractivity contribution in [2.24, 2.45) is 0 Å². The maximum Gasteiger partial charge on any atom is 0.254 e. The van der Waals surface area contributed by atoms with E-state index in [1.165, 1.54) is 0 Å². The van der Waals surface area contributed by atoms with E-state index in [1.807, 2.05) is 42.5 Å². The summed E-state index contributed by atoms with van der Waals surface area (Å²) in [5.41, 5.74) is 3.10. The third-order valence-corrected chi connectivity index (χ3v) is 3.23. The summed E-state index contributed by atoms with van der Waals surface area (Å²) in [5, 5.41) is 5.67. The van der Waals surface area contributed by atoms with Crippen LogP contribution in [0.3, 0.4) is 0 Å². The van der Waals surface area contributed by atoms with Gasteiger partial charge in [0.25, 0.3) is 5.91 Å². The Hall–Kier alpha value is -2.66. The summed E-state index contributed by atoms with van der Waals surface area (Å²) < 4.78 is 0. The molecule has 0 saturated carbocycles. The molecule has 0 atom stereocenters. The third-order valence-electron chi connectivity index (χ3n) is 3.23. The van der Waals surface area contributed by atoms with Gasteiger partial charge in [-0.25, -0.2) is 4.98 Å². The highest BCUT2D eigenvalue weighted by Gasteiger charge is 2.13. The lowest BCUT2D eigenvalue weighted by Gasteiger charge is -2.04. The van der Waals surface area contributed by atoms with E-state index in [1.54, 1.807) is 13.1 Å². The summed E-state index contributed by atoms with van der Waals surface area (Å²) in [6.45, 7) is 0.422. The zero-order valence-electron chi connectivity index (χ0n) is 11.7. The predicted octanol–water partition coefficient (Wildman–Crippen LogP) is 2.14. The first-order valence-electron chi connectivity index (χ1n) is 6.76. The highest BCUT2D eigenvalue weighted by Crippen LogP contribution is 2.22. The molecular formula is C16H16N4O. The van der Waals surface area contributed by atoms with E-state index in [-0.39, 0.29) is 5.91 Å². The Morgan fingerprint density at radius 1 is 1.14 bits per heavy atom. The summed E-state index contributed by atoms with van der Waals surface area (Å²) in [4.78, 5) is 20.0. The normalized spacial score (nSPS) is 10.7. The summed E-state index contributed by atoms with van der Waals surface area (Å²) in [6, 6.07) is 15.4. The van der Waals surface area contributed by atoms with Gasteiger partial charge in [-0.2, -0.15) is 0 Å². The molecule has 1 amide bonds. The van der Waals surface area contributed by atoms with Crippen molar-refractivity contribution in [2.45, 2.75) is 0 Å². The van der Waals surface area contributed by atoms with Gasteiger partial charge in [-0.3, -0.25) is 4.79 Å². The van der Waals surface area contributed by atoms with E-state index in [4.69, 9.17) is 0 Å². The number of amides is 1. The Kier molecular flexibility index (Phi) is 3.66. The number of fused-ring (bicyclic) bond motifs is 1. The molecule has 5 nitrogen and oxygen atoms in total. The number of aromatic nitrogens is 2. The molecule has 0 spiro atoms. The fourth-order valence-electron chi connectivity index (χ4n) is 2.21. The second kappa shape index (κ2) is 5.76. The average Bonchev–Trinajstić information content (AvgIpc) is 2.97. The van der Waals surface area contributed by atoms with Gasteiger partial charge in [-0.1, -0.05) is 36.4 Å². The monoisotopic (exact) mass is 280 g/mol. The second-order valence-electron chi connectivity index (χ2n) is 4.69. The van der Waals surface area contributed by atoms with E-state index in [0.717, 1.165) is 16.9 Å². The van der Waals surface area contributed by atoms with Gasteiger partial charge in [0, 0.05) is 5.56 Å². The first-order chi connectivity index (χ1) is 10.3. The molecule has 5 heteroatoms. The Morgan fingerprint density at radius 2 is 1.95 bits per heavy atom. The quantitative estimate of drug-likeness (QED) is 0.641. The van der Waals surface area contributed by atoms with E-state index in [2.05, 4.69) is 20.6 Å². The standard InChI is InChI=1S/C16H16N4O/c1-17-10-18-16(21)12-8-5-9-13-14(12)20-15(19-13)11-6-3-2-4-7-11/h2-9,17H,10H2,1H3,(H,18,21)(H,19,20). The first kappa shape index (κ1) is 13.3. The summed E-state index contributed by atoms with van der Waals surface area (Å²) in [7, 11) is 1.78. The summed E-state index contributed by atoms with van der Waals surface area (Å²) >= 11 is 0. The van der Waals surface area contributed by atoms with Crippen LogP contribution in [-0.4, -0.2) is 29.6 Å². The number of hydrogen-bond donors (Lipinski definition) is 3. The van der Waals surface area contributed by atoms with Crippen molar-refractivity contribution < 1.29 is 4.79 Å². The van der Waals surface area contributed by atoms with Crippen LogP contribution >= 0.6 is 0 Å². The largest absolute Gasteiger partial charge is 0.339 e. The number of nitrogens with one attached hydrogen (secondary N) is 3. The van der Waals surface area contributed by atoms with Gasteiger partial charge < -0.3 is 15.6 Å². The number of carbonyl (C=O) groups excluding carboxylic acids is 1. The predicted molar refractivity (Wildman–Crippen MR) is 82.9 cm³/mol. The van der Waals surface area contributed by atoms with Crippen LogP contribution in [0.2, 0.25) is 0 Å². The molecular weight excluding hydrogens is 264 g/mol. The fourth-order valence-corrected chi connectivity index (χ4v) is 2.21. The van der Waals surface area contributed by atoms with Gasteiger partial charge in [0.2, 0.25) is 0 Å². The molecule has 21 heavy (non-hydrogen) atoms. The van der Waals surface area contributed by atoms with Crippen LogP contribution in [0.25, 0.3) is 22.4 Å². The first-order valence-corrected chi connectivity index (χ1v) is 6.76. The molecule has 3 N–H and O–H groups in total. The minimum atomic E-state index is -0.138. The van der Waals surface area contributed by atoms with Crippen LogP contribution < -0.4 is 10.6 Å². The molecule has 0 bridgehead atoms. The van der Waals surface area contributed by atoms with Crippen molar-refractivity contribution in [3.05, 3.63) is 54.1 Å². The van der Waals surface area contributed by atoms with E-state index >= 15 is 0 Å². The number of nitrogens with zero attached hydrogens (tertiary/aromatic N) is 1. The Morgan fingerprint density at radius 3 is 2.71 bits per heavy atom. The number of hydrogen-bond acceptors (Lipinski definition) is 3. The van der Waals surface area contributed by atoms with Crippen LogP contribution in [0.5, 0.6) is 0 Å². The Balaban J connectivity index is 2.04. The van der Waals surface area contributed by atoms with Gasteiger partial charge in [0.05, 0.1) is 17.7 Å². The van der Waals surface area contributed by atoms with Crippen molar-refractivity contribution in [2.75, 3.05) is 13.7 Å². The lowest BCUT2D eigenvalue weighted by atomic mass is 10.2. The minimum Gasteiger partial charge on any atom is -0.339 e. The zero-order valence-corrected chi connectivity index (χ0v) is 11.7. The molecule has 0 radical (unpaired) electrons. The molecule has 0 aliphatic rings. The molecule has 3 aromatic rings. The van der Waals surface area contributed by atoms with Crippen molar-refractivity contribution in [1.29, 1.82) is 0 Å².